The van der Waals surface area contributed by atoms with E-state index < -0.39 is 0 Å². The summed E-state index contributed by atoms with van der Waals surface area (Å²) >= 11 is 0. The summed E-state index contributed by atoms with van der Waals surface area (Å²) in [7, 11) is 0. The lowest BCUT2D eigenvalue weighted by atomic mass is 9.96. The van der Waals surface area contributed by atoms with Crippen molar-refractivity contribution in [3.8, 4) is 0 Å². The van der Waals surface area contributed by atoms with Crippen LogP contribution >= 0.6 is 0 Å². The SMILES string of the molecule is Fc1ccccc1Cc1noc(CC2CCCNC2)n1. The van der Waals surface area contributed by atoms with Crippen LogP contribution in [0, 0.1) is 11.7 Å². The van der Waals surface area contributed by atoms with Gasteiger partial charge in [0.25, 0.3) is 0 Å². The third-order valence-corrected chi connectivity index (χ3v) is 3.68. The van der Waals surface area contributed by atoms with Gasteiger partial charge in [0.2, 0.25) is 5.89 Å². The summed E-state index contributed by atoms with van der Waals surface area (Å²) in [5.41, 5.74) is 0.596. The zero-order valence-corrected chi connectivity index (χ0v) is 11.3. The van der Waals surface area contributed by atoms with Gasteiger partial charge >= 0.3 is 0 Å². The molecule has 4 nitrogen and oxygen atoms in total. The van der Waals surface area contributed by atoms with Crippen LogP contribution in [0.4, 0.5) is 4.39 Å². The maximum atomic E-state index is 13.6. The number of benzene rings is 1. The van der Waals surface area contributed by atoms with Crippen molar-refractivity contribution in [1.82, 2.24) is 15.5 Å². The van der Waals surface area contributed by atoms with Gasteiger partial charge < -0.3 is 9.84 Å². The van der Waals surface area contributed by atoms with E-state index in [-0.39, 0.29) is 5.82 Å². The van der Waals surface area contributed by atoms with Gasteiger partial charge in [0, 0.05) is 12.8 Å². The second kappa shape index (κ2) is 6.13. The monoisotopic (exact) mass is 275 g/mol. The minimum absolute atomic E-state index is 0.227. The van der Waals surface area contributed by atoms with Gasteiger partial charge in [0.05, 0.1) is 0 Å². The van der Waals surface area contributed by atoms with E-state index in [4.69, 9.17) is 4.52 Å². The molecule has 1 aliphatic heterocycles. The summed E-state index contributed by atoms with van der Waals surface area (Å²) in [6.07, 6.45) is 3.56. The minimum atomic E-state index is -0.227. The van der Waals surface area contributed by atoms with E-state index in [1.807, 2.05) is 6.07 Å². The Labute approximate surface area is 117 Å². The molecule has 1 aliphatic rings. The van der Waals surface area contributed by atoms with Crippen molar-refractivity contribution in [2.75, 3.05) is 13.1 Å². The van der Waals surface area contributed by atoms with Crippen molar-refractivity contribution >= 4 is 0 Å². The summed E-state index contributed by atoms with van der Waals surface area (Å²) in [6, 6.07) is 6.68. The quantitative estimate of drug-likeness (QED) is 0.930. The molecule has 1 unspecified atom stereocenters. The second-order valence-corrected chi connectivity index (χ2v) is 5.29. The lowest BCUT2D eigenvalue weighted by Gasteiger charge is -2.20. The Kier molecular flexibility index (Phi) is 4.06. The first kappa shape index (κ1) is 13.2. The molecule has 20 heavy (non-hydrogen) atoms. The number of hydrogen-bond donors (Lipinski definition) is 1. The van der Waals surface area contributed by atoms with Gasteiger partial charge in [-0.15, -0.1) is 0 Å². The van der Waals surface area contributed by atoms with Crippen LogP contribution in [0.1, 0.15) is 30.1 Å². The van der Waals surface area contributed by atoms with Crippen molar-refractivity contribution in [2.45, 2.75) is 25.7 Å². The van der Waals surface area contributed by atoms with Gasteiger partial charge in [-0.1, -0.05) is 23.4 Å². The fraction of sp³-hybridized carbons (Fsp3) is 0.467. The first-order chi connectivity index (χ1) is 9.81. The Balaban J connectivity index is 1.63. The number of nitrogens with zero attached hydrogens (tertiary/aromatic N) is 2. The fourth-order valence-corrected chi connectivity index (χ4v) is 2.60. The molecular weight excluding hydrogens is 257 g/mol. The van der Waals surface area contributed by atoms with E-state index >= 15 is 0 Å². The van der Waals surface area contributed by atoms with Gasteiger partial charge in [0.1, 0.15) is 5.82 Å². The molecule has 0 bridgehead atoms. The molecule has 2 aromatic rings. The first-order valence-electron chi connectivity index (χ1n) is 7.07. The second-order valence-electron chi connectivity index (χ2n) is 5.29. The van der Waals surface area contributed by atoms with Crippen LogP contribution in [0.5, 0.6) is 0 Å². The van der Waals surface area contributed by atoms with Crippen molar-refractivity contribution in [3.63, 3.8) is 0 Å². The largest absolute Gasteiger partial charge is 0.339 e. The summed E-state index contributed by atoms with van der Waals surface area (Å²) in [5, 5.41) is 7.31. The highest BCUT2D eigenvalue weighted by Gasteiger charge is 2.17. The van der Waals surface area contributed by atoms with E-state index in [0.717, 1.165) is 19.5 Å². The molecule has 3 rings (SSSR count). The third kappa shape index (κ3) is 3.22. The summed E-state index contributed by atoms with van der Waals surface area (Å²) in [5.74, 6) is 1.54. The topological polar surface area (TPSA) is 51.0 Å². The van der Waals surface area contributed by atoms with Crippen LogP contribution in [-0.2, 0) is 12.8 Å². The van der Waals surface area contributed by atoms with Crippen LogP contribution in [0.3, 0.4) is 0 Å². The lowest BCUT2D eigenvalue weighted by Crippen LogP contribution is -2.30. The van der Waals surface area contributed by atoms with Crippen molar-refractivity contribution in [2.24, 2.45) is 5.92 Å². The number of piperidine rings is 1. The number of nitrogens with one attached hydrogen (secondary N) is 1. The zero-order valence-electron chi connectivity index (χ0n) is 11.3. The maximum Gasteiger partial charge on any atom is 0.226 e. The Morgan fingerprint density at radius 3 is 3.05 bits per heavy atom. The number of rotatable bonds is 4. The third-order valence-electron chi connectivity index (χ3n) is 3.68. The van der Waals surface area contributed by atoms with E-state index in [2.05, 4.69) is 15.5 Å². The van der Waals surface area contributed by atoms with Crippen LogP contribution < -0.4 is 5.32 Å². The van der Waals surface area contributed by atoms with Gasteiger partial charge in [-0.25, -0.2) is 4.39 Å². The molecule has 1 aromatic heterocycles. The highest BCUT2D eigenvalue weighted by molar-refractivity contribution is 5.20. The maximum absolute atomic E-state index is 13.6. The predicted molar refractivity (Wildman–Crippen MR) is 72.8 cm³/mol. The zero-order chi connectivity index (χ0) is 13.8. The van der Waals surface area contributed by atoms with Crippen LogP contribution in [0.15, 0.2) is 28.8 Å². The molecular formula is C15H18FN3O. The molecule has 106 valence electrons. The summed E-state index contributed by atoms with van der Waals surface area (Å²) in [4.78, 5) is 4.37. The highest BCUT2D eigenvalue weighted by atomic mass is 19.1. The molecule has 0 aliphatic carbocycles. The Morgan fingerprint density at radius 2 is 2.25 bits per heavy atom. The molecule has 2 heterocycles. The van der Waals surface area contributed by atoms with Crippen LogP contribution in [0.25, 0.3) is 0 Å². The lowest BCUT2D eigenvalue weighted by molar-refractivity contribution is 0.314. The Bertz CT molecular complexity index is 564. The minimum Gasteiger partial charge on any atom is -0.339 e. The molecule has 5 heteroatoms. The van der Waals surface area contributed by atoms with E-state index in [0.29, 0.717) is 29.6 Å². The van der Waals surface area contributed by atoms with Crippen LogP contribution in [0.2, 0.25) is 0 Å². The molecule has 1 N–H and O–H groups in total. The number of aromatic nitrogens is 2. The average Bonchev–Trinajstić information content (AvgIpc) is 2.90. The summed E-state index contributed by atoms with van der Waals surface area (Å²) in [6.45, 7) is 2.10. The number of halogens is 1. The van der Waals surface area contributed by atoms with E-state index in [1.54, 1.807) is 12.1 Å². The molecule has 1 saturated heterocycles. The number of hydrogen-bond acceptors (Lipinski definition) is 4. The summed E-state index contributed by atoms with van der Waals surface area (Å²) < 4.78 is 18.8. The molecule has 0 saturated carbocycles. The van der Waals surface area contributed by atoms with Crippen molar-refractivity contribution in [1.29, 1.82) is 0 Å². The molecule has 1 atom stereocenters. The van der Waals surface area contributed by atoms with E-state index in [1.165, 1.54) is 18.9 Å². The normalized spacial score (nSPS) is 19.1. The Morgan fingerprint density at radius 1 is 1.35 bits per heavy atom. The predicted octanol–water partition coefficient (Wildman–Crippen LogP) is 2.34. The van der Waals surface area contributed by atoms with Crippen LogP contribution in [-0.4, -0.2) is 23.2 Å². The molecule has 1 fully saturated rings. The molecule has 0 radical (unpaired) electrons. The van der Waals surface area contributed by atoms with Gasteiger partial charge in [-0.05, 0) is 43.5 Å². The van der Waals surface area contributed by atoms with Gasteiger partial charge in [-0.3, -0.25) is 0 Å². The fourth-order valence-electron chi connectivity index (χ4n) is 2.60. The molecule has 1 aromatic carbocycles. The highest BCUT2D eigenvalue weighted by Crippen LogP contribution is 2.16. The smallest absolute Gasteiger partial charge is 0.226 e. The van der Waals surface area contributed by atoms with Crippen molar-refractivity contribution in [3.05, 3.63) is 47.4 Å². The van der Waals surface area contributed by atoms with Gasteiger partial charge in [0.15, 0.2) is 5.82 Å². The molecule has 0 amide bonds. The first-order valence-corrected chi connectivity index (χ1v) is 7.07. The van der Waals surface area contributed by atoms with Crippen molar-refractivity contribution < 1.29 is 8.91 Å². The average molecular weight is 275 g/mol. The van der Waals surface area contributed by atoms with E-state index in [9.17, 15) is 4.39 Å². The Hall–Kier alpha value is -1.75. The standard InChI is InChI=1S/C15H18FN3O/c16-13-6-2-1-5-12(13)9-14-18-15(20-19-14)8-11-4-3-7-17-10-11/h1-2,5-6,11,17H,3-4,7-10H2. The van der Waals surface area contributed by atoms with Gasteiger partial charge in [-0.2, -0.15) is 4.98 Å². The molecule has 0 spiro atoms.